The highest BCUT2D eigenvalue weighted by atomic mass is 16.5. The summed E-state index contributed by atoms with van der Waals surface area (Å²) in [6, 6.07) is 5.62. The topological polar surface area (TPSA) is 53.7 Å². The standard InChI is InChI=1S/C11H15NO3/c1-13-8-3-4-10(14-2)9(5-8)11(12)6-15-7-11/h3-5H,6-7,12H2,1-2H3. The zero-order chi connectivity index (χ0) is 10.9. The van der Waals surface area contributed by atoms with Crippen LogP contribution in [0.2, 0.25) is 0 Å². The molecule has 0 atom stereocenters. The van der Waals surface area contributed by atoms with E-state index in [0.29, 0.717) is 13.2 Å². The van der Waals surface area contributed by atoms with Gasteiger partial charge < -0.3 is 19.9 Å². The van der Waals surface area contributed by atoms with Crippen LogP contribution in [-0.4, -0.2) is 27.4 Å². The van der Waals surface area contributed by atoms with Gasteiger partial charge in [-0.2, -0.15) is 0 Å². The summed E-state index contributed by atoms with van der Waals surface area (Å²) in [6.07, 6.45) is 0. The Morgan fingerprint density at radius 2 is 2.00 bits per heavy atom. The zero-order valence-electron chi connectivity index (χ0n) is 8.95. The summed E-state index contributed by atoms with van der Waals surface area (Å²) >= 11 is 0. The lowest BCUT2D eigenvalue weighted by atomic mass is 9.88. The fourth-order valence-corrected chi connectivity index (χ4v) is 1.68. The minimum absolute atomic E-state index is 0.431. The Morgan fingerprint density at radius 3 is 2.47 bits per heavy atom. The maximum Gasteiger partial charge on any atom is 0.124 e. The number of methoxy groups -OCH3 is 2. The molecule has 2 N–H and O–H groups in total. The van der Waals surface area contributed by atoms with E-state index in [2.05, 4.69) is 0 Å². The fourth-order valence-electron chi connectivity index (χ4n) is 1.68. The highest BCUT2D eigenvalue weighted by Crippen LogP contribution is 2.35. The lowest BCUT2D eigenvalue weighted by Crippen LogP contribution is -2.54. The molecule has 1 aliphatic heterocycles. The van der Waals surface area contributed by atoms with Crippen LogP contribution in [0.15, 0.2) is 18.2 Å². The molecule has 0 spiro atoms. The Balaban J connectivity index is 2.41. The van der Waals surface area contributed by atoms with E-state index in [1.54, 1.807) is 14.2 Å². The van der Waals surface area contributed by atoms with Crippen LogP contribution in [-0.2, 0) is 10.3 Å². The van der Waals surface area contributed by atoms with Crippen molar-refractivity contribution in [3.63, 3.8) is 0 Å². The Bertz CT molecular complexity index is 361. The maximum absolute atomic E-state index is 6.16. The Kier molecular flexibility index (Phi) is 2.54. The van der Waals surface area contributed by atoms with Crippen LogP contribution in [0, 0.1) is 0 Å². The van der Waals surface area contributed by atoms with Crippen LogP contribution in [0.3, 0.4) is 0 Å². The van der Waals surface area contributed by atoms with Gasteiger partial charge in [0.25, 0.3) is 0 Å². The van der Waals surface area contributed by atoms with Gasteiger partial charge in [-0.25, -0.2) is 0 Å². The second kappa shape index (κ2) is 3.72. The van der Waals surface area contributed by atoms with Gasteiger partial charge in [-0.3, -0.25) is 0 Å². The van der Waals surface area contributed by atoms with E-state index in [-0.39, 0.29) is 0 Å². The van der Waals surface area contributed by atoms with Crippen molar-refractivity contribution in [2.45, 2.75) is 5.54 Å². The molecule has 1 aromatic rings. The largest absolute Gasteiger partial charge is 0.497 e. The molecule has 1 saturated heterocycles. The summed E-state index contributed by atoms with van der Waals surface area (Å²) in [5.74, 6) is 1.56. The van der Waals surface area contributed by atoms with Gasteiger partial charge in [0.1, 0.15) is 11.5 Å². The highest BCUT2D eigenvalue weighted by Gasteiger charge is 2.38. The van der Waals surface area contributed by atoms with E-state index in [9.17, 15) is 0 Å². The van der Waals surface area contributed by atoms with Crippen molar-refractivity contribution in [2.75, 3.05) is 27.4 Å². The lowest BCUT2D eigenvalue weighted by Gasteiger charge is -2.38. The van der Waals surface area contributed by atoms with Crippen molar-refractivity contribution in [1.29, 1.82) is 0 Å². The minimum Gasteiger partial charge on any atom is -0.497 e. The molecule has 4 heteroatoms. The first-order chi connectivity index (χ1) is 7.19. The van der Waals surface area contributed by atoms with Crippen LogP contribution in [0.1, 0.15) is 5.56 Å². The van der Waals surface area contributed by atoms with Crippen LogP contribution in [0.5, 0.6) is 11.5 Å². The third kappa shape index (κ3) is 1.66. The van der Waals surface area contributed by atoms with Gasteiger partial charge in [0, 0.05) is 5.56 Å². The molecule has 2 rings (SSSR count). The Hall–Kier alpha value is -1.26. The van der Waals surface area contributed by atoms with Gasteiger partial charge in [0.05, 0.1) is 33.0 Å². The van der Waals surface area contributed by atoms with E-state index in [1.165, 1.54) is 0 Å². The molecule has 0 saturated carbocycles. The molecular weight excluding hydrogens is 194 g/mol. The van der Waals surface area contributed by atoms with Gasteiger partial charge in [0.15, 0.2) is 0 Å². The normalized spacial score (nSPS) is 18.1. The molecule has 15 heavy (non-hydrogen) atoms. The van der Waals surface area contributed by atoms with Gasteiger partial charge in [-0.05, 0) is 18.2 Å². The summed E-state index contributed by atoms with van der Waals surface area (Å²) in [4.78, 5) is 0. The first-order valence-corrected chi connectivity index (χ1v) is 4.79. The second-order valence-electron chi connectivity index (χ2n) is 3.72. The quantitative estimate of drug-likeness (QED) is 0.803. The number of nitrogens with two attached hydrogens (primary N) is 1. The zero-order valence-corrected chi connectivity index (χ0v) is 8.95. The minimum atomic E-state index is -0.431. The molecule has 1 fully saturated rings. The Labute approximate surface area is 88.9 Å². The van der Waals surface area contributed by atoms with E-state index in [4.69, 9.17) is 19.9 Å². The van der Waals surface area contributed by atoms with Crippen molar-refractivity contribution < 1.29 is 14.2 Å². The Morgan fingerprint density at radius 1 is 1.27 bits per heavy atom. The van der Waals surface area contributed by atoms with Gasteiger partial charge in [-0.1, -0.05) is 0 Å². The molecule has 0 unspecified atom stereocenters. The van der Waals surface area contributed by atoms with Crippen LogP contribution in [0.25, 0.3) is 0 Å². The average molecular weight is 209 g/mol. The van der Waals surface area contributed by atoms with Crippen molar-refractivity contribution in [3.05, 3.63) is 23.8 Å². The predicted molar refractivity (Wildman–Crippen MR) is 56.2 cm³/mol. The molecular formula is C11H15NO3. The fraction of sp³-hybridized carbons (Fsp3) is 0.455. The maximum atomic E-state index is 6.16. The van der Waals surface area contributed by atoms with Gasteiger partial charge >= 0.3 is 0 Å². The number of ether oxygens (including phenoxy) is 3. The number of rotatable bonds is 3. The monoisotopic (exact) mass is 209 g/mol. The van der Waals surface area contributed by atoms with E-state index in [0.717, 1.165) is 17.1 Å². The summed E-state index contributed by atoms with van der Waals surface area (Å²) in [5, 5.41) is 0. The van der Waals surface area contributed by atoms with Crippen LogP contribution in [0.4, 0.5) is 0 Å². The van der Waals surface area contributed by atoms with Crippen molar-refractivity contribution in [1.82, 2.24) is 0 Å². The van der Waals surface area contributed by atoms with Crippen LogP contribution >= 0.6 is 0 Å². The third-order valence-corrected chi connectivity index (χ3v) is 2.66. The van der Waals surface area contributed by atoms with E-state index < -0.39 is 5.54 Å². The molecule has 0 bridgehead atoms. The first kappa shape index (κ1) is 10.3. The van der Waals surface area contributed by atoms with Crippen molar-refractivity contribution in [3.8, 4) is 11.5 Å². The SMILES string of the molecule is COc1ccc(OC)c(C2(N)COC2)c1. The molecule has 0 amide bonds. The van der Waals surface area contributed by atoms with E-state index in [1.807, 2.05) is 18.2 Å². The third-order valence-electron chi connectivity index (χ3n) is 2.66. The van der Waals surface area contributed by atoms with E-state index >= 15 is 0 Å². The molecule has 1 aromatic carbocycles. The summed E-state index contributed by atoms with van der Waals surface area (Å²) < 4.78 is 15.6. The number of benzene rings is 1. The molecule has 1 aliphatic rings. The number of hydrogen-bond acceptors (Lipinski definition) is 4. The predicted octanol–water partition coefficient (Wildman–Crippen LogP) is 0.888. The first-order valence-electron chi connectivity index (χ1n) is 4.79. The summed E-state index contributed by atoms with van der Waals surface area (Å²) in [6.45, 7) is 1.05. The van der Waals surface area contributed by atoms with Crippen molar-refractivity contribution >= 4 is 0 Å². The van der Waals surface area contributed by atoms with Gasteiger partial charge in [-0.15, -0.1) is 0 Å². The molecule has 4 nitrogen and oxygen atoms in total. The molecule has 0 aromatic heterocycles. The molecule has 82 valence electrons. The summed E-state index contributed by atoms with van der Waals surface area (Å²) in [7, 11) is 3.26. The highest BCUT2D eigenvalue weighted by molar-refractivity contribution is 5.45. The van der Waals surface area contributed by atoms with Crippen molar-refractivity contribution in [2.24, 2.45) is 5.73 Å². The summed E-state index contributed by atoms with van der Waals surface area (Å²) in [5.41, 5.74) is 6.67. The smallest absolute Gasteiger partial charge is 0.124 e. The van der Waals surface area contributed by atoms with Gasteiger partial charge in [0.2, 0.25) is 0 Å². The van der Waals surface area contributed by atoms with Crippen LogP contribution < -0.4 is 15.2 Å². The lowest BCUT2D eigenvalue weighted by molar-refractivity contribution is -0.0578. The average Bonchev–Trinajstić information content (AvgIpc) is 2.25. The molecule has 0 aliphatic carbocycles. The second-order valence-corrected chi connectivity index (χ2v) is 3.72. The number of hydrogen-bond donors (Lipinski definition) is 1. The molecule has 1 heterocycles. The molecule has 0 radical (unpaired) electrons.